The molecule has 0 aliphatic carbocycles. The van der Waals surface area contributed by atoms with E-state index in [2.05, 4.69) is 20.5 Å². The molecule has 0 aromatic carbocycles. The van der Waals surface area contributed by atoms with Crippen molar-refractivity contribution in [2.45, 2.75) is 18.5 Å². The highest BCUT2D eigenvalue weighted by molar-refractivity contribution is 7.99. The number of hydrogen-bond donors (Lipinski definition) is 2. The molecule has 2 aromatic rings. The standard InChI is InChI=1S/C12H14N6O4S2/c1-2-22-10(21)3-7-5-23-11(15-7)16-8(19)6-24-12-17-14-4-9(20)18(12)13/h4-5H,2-3,6,13H2,1H3,(H,15,16,19). The van der Waals surface area contributed by atoms with Crippen molar-refractivity contribution in [3.8, 4) is 0 Å². The molecule has 2 aromatic heterocycles. The maximum Gasteiger partial charge on any atom is 0.311 e. The van der Waals surface area contributed by atoms with Crippen LogP contribution in [0, 0.1) is 0 Å². The smallest absolute Gasteiger partial charge is 0.311 e. The largest absolute Gasteiger partial charge is 0.466 e. The quantitative estimate of drug-likeness (QED) is 0.379. The summed E-state index contributed by atoms with van der Waals surface area (Å²) in [5, 5.41) is 11.9. The number of nitrogens with one attached hydrogen (secondary N) is 1. The molecule has 0 saturated carbocycles. The summed E-state index contributed by atoms with van der Waals surface area (Å²) in [5.41, 5.74) is 0.00237. The first-order valence-electron chi connectivity index (χ1n) is 6.72. The molecule has 0 bridgehead atoms. The topological polar surface area (TPSA) is 142 Å². The number of nitrogen functional groups attached to an aromatic ring is 1. The zero-order chi connectivity index (χ0) is 17.5. The summed E-state index contributed by atoms with van der Waals surface area (Å²) in [6.45, 7) is 2.03. The number of ether oxygens (including phenoxy) is 1. The third kappa shape index (κ3) is 5.03. The first-order valence-corrected chi connectivity index (χ1v) is 8.58. The Morgan fingerprint density at radius 3 is 3.04 bits per heavy atom. The van der Waals surface area contributed by atoms with Crippen LogP contribution in [0.3, 0.4) is 0 Å². The van der Waals surface area contributed by atoms with Crippen molar-refractivity contribution in [1.29, 1.82) is 0 Å². The van der Waals surface area contributed by atoms with E-state index in [-0.39, 0.29) is 29.2 Å². The van der Waals surface area contributed by atoms with Gasteiger partial charge in [-0.1, -0.05) is 11.8 Å². The number of thioether (sulfide) groups is 1. The molecular formula is C12H14N6O4S2. The van der Waals surface area contributed by atoms with E-state index in [1.54, 1.807) is 12.3 Å². The van der Waals surface area contributed by atoms with E-state index in [1.165, 1.54) is 11.3 Å². The van der Waals surface area contributed by atoms with Crippen LogP contribution in [0.1, 0.15) is 12.6 Å². The average Bonchev–Trinajstić information content (AvgIpc) is 2.96. The molecule has 0 unspecified atom stereocenters. The Morgan fingerprint density at radius 1 is 1.50 bits per heavy atom. The third-order valence-corrected chi connectivity index (χ3v) is 4.27. The van der Waals surface area contributed by atoms with Crippen molar-refractivity contribution in [1.82, 2.24) is 19.9 Å². The van der Waals surface area contributed by atoms with Gasteiger partial charge in [-0.15, -0.1) is 16.4 Å². The van der Waals surface area contributed by atoms with Crippen LogP contribution in [0.5, 0.6) is 0 Å². The van der Waals surface area contributed by atoms with Gasteiger partial charge in [-0.25, -0.2) is 4.98 Å². The van der Waals surface area contributed by atoms with Crippen LogP contribution in [-0.4, -0.2) is 44.1 Å². The van der Waals surface area contributed by atoms with Crippen molar-refractivity contribution >= 4 is 40.1 Å². The second kappa shape index (κ2) is 8.40. The summed E-state index contributed by atoms with van der Waals surface area (Å²) in [7, 11) is 0. The van der Waals surface area contributed by atoms with Gasteiger partial charge in [0.2, 0.25) is 11.1 Å². The molecule has 12 heteroatoms. The van der Waals surface area contributed by atoms with Gasteiger partial charge in [0, 0.05) is 5.38 Å². The van der Waals surface area contributed by atoms with Crippen molar-refractivity contribution in [3.05, 3.63) is 27.6 Å². The molecule has 2 rings (SSSR count). The highest BCUT2D eigenvalue weighted by Crippen LogP contribution is 2.17. The zero-order valence-corrected chi connectivity index (χ0v) is 14.2. The highest BCUT2D eigenvalue weighted by Gasteiger charge is 2.12. The Morgan fingerprint density at radius 2 is 2.29 bits per heavy atom. The first kappa shape index (κ1) is 17.9. The number of nitrogens with two attached hydrogens (primary N) is 1. The molecule has 10 nitrogen and oxygen atoms in total. The lowest BCUT2D eigenvalue weighted by atomic mass is 10.3. The fourth-order valence-electron chi connectivity index (χ4n) is 1.52. The Bertz CT molecular complexity index is 790. The molecule has 0 saturated heterocycles. The summed E-state index contributed by atoms with van der Waals surface area (Å²) in [6.07, 6.45) is 1.03. The number of hydrogen-bond acceptors (Lipinski definition) is 10. The number of carbonyl (C=O) groups is 2. The third-order valence-electron chi connectivity index (χ3n) is 2.52. The molecular weight excluding hydrogens is 356 g/mol. The summed E-state index contributed by atoms with van der Waals surface area (Å²) in [4.78, 5) is 38.7. The Hall–Kier alpha value is -2.47. The van der Waals surface area contributed by atoms with Gasteiger partial charge in [0.1, 0.15) is 6.20 Å². The van der Waals surface area contributed by atoms with Crippen LogP contribution >= 0.6 is 23.1 Å². The number of carbonyl (C=O) groups excluding carboxylic acids is 2. The van der Waals surface area contributed by atoms with E-state index in [9.17, 15) is 14.4 Å². The van der Waals surface area contributed by atoms with Crippen LogP contribution in [0.2, 0.25) is 0 Å². The molecule has 0 aliphatic heterocycles. The molecule has 0 radical (unpaired) electrons. The van der Waals surface area contributed by atoms with Crippen LogP contribution < -0.4 is 16.7 Å². The lowest BCUT2D eigenvalue weighted by Gasteiger charge is -2.04. The number of aromatic nitrogens is 4. The lowest BCUT2D eigenvalue weighted by molar-refractivity contribution is -0.142. The molecule has 0 fully saturated rings. The monoisotopic (exact) mass is 370 g/mol. The van der Waals surface area contributed by atoms with Gasteiger partial charge in [-0.3, -0.25) is 14.4 Å². The van der Waals surface area contributed by atoms with Crippen molar-refractivity contribution in [2.24, 2.45) is 0 Å². The minimum absolute atomic E-state index is 0.0257. The Kier molecular flexibility index (Phi) is 6.26. The molecule has 24 heavy (non-hydrogen) atoms. The number of rotatable bonds is 7. The SMILES string of the molecule is CCOC(=O)Cc1csc(NC(=O)CSc2nncc(=O)n2N)n1. The van der Waals surface area contributed by atoms with Crippen LogP contribution in [-0.2, 0) is 20.7 Å². The van der Waals surface area contributed by atoms with Gasteiger partial charge in [0.25, 0.3) is 5.56 Å². The van der Waals surface area contributed by atoms with Gasteiger partial charge in [0.15, 0.2) is 5.13 Å². The summed E-state index contributed by atoms with van der Waals surface area (Å²) >= 11 is 2.16. The van der Waals surface area contributed by atoms with E-state index in [0.717, 1.165) is 22.6 Å². The predicted molar refractivity (Wildman–Crippen MR) is 88.2 cm³/mol. The van der Waals surface area contributed by atoms with Crippen LogP contribution in [0.15, 0.2) is 21.5 Å². The summed E-state index contributed by atoms with van der Waals surface area (Å²) in [5.74, 6) is 4.74. The molecule has 2 heterocycles. The molecule has 128 valence electrons. The van der Waals surface area contributed by atoms with Gasteiger partial charge in [0.05, 0.1) is 24.5 Å². The minimum Gasteiger partial charge on any atom is -0.466 e. The molecule has 3 N–H and O–H groups in total. The van der Waals surface area contributed by atoms with Crippen molar-refractivity contribution in [3.63, 3.8) is 0 Å². The average molecular weight is 370 g/mol. The second-order valence-corrected chi connectivity index (χ2v) is 6.10. The van der Waals surface area contributed by atoms with E-state index in [0.29, 0.717) is 17.4 Å². The highest BCUT2D eigenvalue weighted by atomic mass is 32.2. The van der Waals surface area contributed by atoms with Gasteiger partial charge < -0.3 is 15.9 Å². The Balaban J connectivity index is 1.86. The van der Waals surface area contributed by atoms with Crippen molar-refractivity contribution in [2.75, 3.05) is 23.5 Å². The second-order valence-electron chi connectivity index (χ2n) is 4.30. The molecule has 0 spiro atoms. The fraction of sp³-hybridized carbons (Fsp3) is 0.333. The number of anilines is 1. The van der Waals surface area contributed by atoms with Gasteiger partial charge >= 0.3 is 5.97 Å². The van der Waals surface area contributed by atoms with Crippen molar-refractivity contribution < 1.29 is 14.3 Å². The molecule has 0 aliphatic rings. The number of nitrogens with zero attached hydrogens (tertiary/aromatic N) is 4. The number of esters is 1. The summed E-state index contributed by atoms with van der Waals surface area (Å²) < 4.78 is 5.64. The van der Waals surface area contributed by atoms with E-state index in [4.69, 9.17) is 10.6 Å². The molecule has 0 atom stereocenters. The van der Waals surface area contributed by atoms with Crippen LogP contribution in [0.25, 0.3) is 0 Å². The Labute approximate surface area is 144 Å². The molecule has 1 amide bonds. The number of thiazole rings is 1. The fourth-order valence-corrected chi connectivity index (χ4v) is 2.91. The maximum absolute atomic E-state index is 11.9. The summed E-state index contributed by atoms with van der Waals surface area (Å²) in [6, 6.07) is 0. The zero-order valence-electron chi connectivity index (χ0n) is 12.6. The van der Waals surface area contributed by atoms with Crippen LogP contribution in [0.4, 0.5) is 5.13 Å². The first-order chi connectivity index (χ1) is 11.5. The van der Waals surface area contributed by atoms with Gasteiger partial charge in [-0.05, 0) is 6.92 Å². The van der Waals surface area contributed by atoms with E-state index < -0.39 is 5.56 Å². The predicted octanol–water partition coefficient (Wildman–Crippen LogP) is -0.355. The van der Waals surface area contributed by atoms with Gasteiger partial charge in [-0.2, -0.15) is 9.77 Å². The minimum atomic E-state index is -0.517. The normalized spacial score (nSPS) is 10.4. The number of amides is 1. The van der Waals surface area contributed by atoms with E-state index >= 15 is 0 Å². The maximum atomic E-state index is 11.9. The van der Waals surface area contributed by atoms with E-state index in [1.807, 2.05) is 0 Å². The lowest BCUT2D eigenvalue weighted by Crippen LogP contribution is -2.30.